The second-order valence-electron chi connectivity index (χ2n) is 3.55. The molecule has 2 rings (SSSR count). The van der Waals surface area contributed by atoms with Crippen molar-refractivity contribution < 1.29 is 0 Å². The van der Waals surface area contributed by atoms with Crippen molar-refractivity contribution in [3.8, 4) is 0 Å². The third-order valence-electron chi connectivity index (χ3n) is 3.04. The normalized spacial score (nSPS) is 47.7. The van der Waals surface area contributed by atoms with Gasteiger partial charge in [-0.25, -0.2) is 0 Å². The van der Waals surface area contributed by atoms with E-state index < -0.39 is 0 Å². The van der Waals surface area contributed by atoms with Crippen LogP contribution in [0.5, 0.6) is 0 Å². The van der Waals surface area contributed by atoms with Crippen molar-refractivity contribution in [2.24, 2.45) is 11.7 Å². The minimum atomic E-state index is 0.171. The third-order valence-corrected chi connectivity index (χ3v) is 3.04. The maximum Gasteiger partial charge on any atom is 0.0404 e. The highest BCUT2D eigenvalue weighted by Gasteiger charge is 2.56. The first-order valence-corrected chi connectivity index (χ1v) is 3.60. The van der Waals surface area contributed by atoms with Gasteiger partial charge in [-0.1, -0.05) is 11.1 Å². The molecular weight excluding hydrogens is 110 g/mol. The highest BCUT2D eigenvalue weighted by molar-refractivity contribution is 5.40. The summed E-state index contributed by atoms with van der Waals surface area (Å²) < 4.78 is 0. The molecule has 1 nitrogen and oxygen atoms in total. The highest BCUT2D eigenvalue weighted by Crippen LogP contribution is 2.56. The van der Waals surface area contributed by atoms with Crippen LogP contribution in [0.2, 0.25) is 0 Å². The molecule has 50 valence electrons. The molecule has 1 saturated carbocycles. The van der Waals surface area contributed by atoms with E-state index in [1.54, 1.807) is 0 Å². The minimum absolute atomic E-state index is 0.171. The zero-order valence-electron chi connectivity index (χ0n) is 6.07. The fourth-order valence-electron chi connectivity index (χ4n) is 1.98. The second-order valence-corrected chi connectivity index (χ2v) is 3.55. The summed E-state index contributed by atoms with van der Waals surface area (Å²) in [6.45, 7) is 4.39. The monoisotopic (exact) mass is 123 g/mol. The van der Waals surface area contributed by atoms with E-state index in [0.717, 1.165) is 5.92 Å². The van der Waals surface area contributed by atoms with E-state index in [0.29, 0.717) is 0 Å². The van der Waals surface area contributed by atoms with Crippen LogP contribution < -0.4 is 5.73 Å². The summed E-state index contributed by atoms with van der Waals surface area (Å²) in [7, 11) is 0. The van der Waals surface area contributed by atoms with E-state index >= 15 is 0 Å². The van der Waals surface area contributed by atoms with E-state index in [4.69, 9.17) is 5.73 Å². The maximum atomic E-state index is 6.03. The number of hydrogen-bond acceptors (Lipinski definition) is 1. The lowest BCUT2D eigenvalue weighted by atomic mass is 10.1. The number of fused-ring (bicyclic) bond motifs is 1. The van der Waals surface area contributed by atoms with Gasteiger partial charge in [-0.15, -0.1) is 0 Å². The molecule has 0 aromatic heterocycles. The fraction of sp³-hybridized carbons (Fsp3) is 0.750. The van der Waals surface area contributed by atoms with Crippen molar-refractivity contribution >= 4 is 0 Å². The maximum absolute atomic E-state index is 6.03. The van der Waals surface area contributed by atoms with E-state index in [-0.39, 0.29) is 5.54 Å². The summed E-state index contributed by atoms with van der Waals surface area (Å²) in [5, 5.41) is 0. The van der Waals surface area contributed by atoms with Crippen LogP contribution in [0.3, 0.4) is 0 Å². The van der Waals surface area contributed by atoms with E-state index in [9.17, 15) is 0 Å². The summed E-state index contributed by atoms with van der Waals surface area (Å²) >= 11 is 0. The predicted molar refractivity (Wildman–Crippen MR) is 38.0 cm³/mol. The van der Waals surface area contributed by atoms with Gasteiger partial charge in [-0.05, 0) is 32.6 Å². The molecule has 2 unspecified atom stereocenters. The summed E-state index contributed by atoms with van der Waals surface area (Å²) in [4.78, 5) is 0. The van der Waals surface area contributed by atoms with Crippen molar-refractivity contribution in [1.29, 1.82) is 0 Å². The zero-order valence-corrected chi connectivity index (χ0v) is 6.07. The van der Waals surface area contributed by atoms with Crippen LogP contribution in [0.4, 0.5) is 0 Å². The Morgan fingerprint density at radius 2 is 2.22 bits per heavy atom. The Balaban J connectivity index is 2.38. The Kier molecular flexibility index (Phi) is 0.755. The van der Waals surface area contributed by atoms with Crippen LogP contribution in [0.25, 0.3) is 0 Å². The van der Waals surface area contributed by atoms with Crippen molar-refractivity contribution in [2.75, 3.05) is 0 Å². The molecule has 0 aromatic rings. The highest BCUT2D eigenvalue weighted by atomic mass is 14.9. The lowest BCUT2D eigenvalue weighted by Crippen LogP contribution is -2.23. The summed E-state index contributed by atoms with van der Waals surface area (Å²) in [6.07, 6.45) is 2.51. The molecule has 2 N–H and O–H groups in total. The first kappa shape index (κ1) is 5.48. The third kappa shape index (κ3) is 0.485. The van der Waals surface area contributed by atoms with Crippen molar-refractivity contribution in [1.82, 2.24) is 0 Å². The molecule has 0 radical (unpaired) electrons. The quantitative estimate of drug-likeness (QED) is 0.485. The van der Waals surface area contributed by atoms with Gasteiger partial charge in [0.05, 0.1) is 0 Å². The fourth-order valence-corrected chi connectivity index (χ4v) is 1.98. The molecule has 2 atom stereocenters. The number of hydrogen-bond donors (Lipinski definition) is 1. The van der Waals surface area contributed by atoms with Gasteiger partial charge in [0.25, 0.3) is 0 Å². The van der Waals surface area contributed by atoms with E-state index in [1.807, 2.05) is 0 Å². The van der Waals surface area contributed by atoms with E-state index in [1.165, 1.54) is 24.0 Å². The molecule has 0 aromatic carbocycles. The van der Waals surface area contributed by atoms with Crippen LogP contribution in [-0.4, -0.2) is 5.54 Å². The minimum Gasteiger partial charge on any atom is -0.321 e. The Morgan fingerprint density at radius 3 is 2.44 bits per heavy atom. The molecule has 1 heteroatoms. The Bertz CT molecular complexity index is 193. The van der Waals surface area contributed by atoms with Gasteiger partial charge in [-0.3, -0.25) is 0 Å². The van der Waals surface area contributed by atoms with Gasteiger partial charge >= 0.3 is 0 Å². The molecule has 0 spiro atoms. The number of rotatable bonds is 0. The van der Waals surface area contributed by atoms with Gasteiger partial charge in [0.15, 0.2) is 0 Å². The average Bonchev–Trinajstić information content (AvgIpc) is 2.36. The van der Waals surface area contributed by atoms with E-state index in [2.05, 4.69) is 13.8 Å². The molecule has 2 aliphatic rings. The first-order chi connectivity index (χ1) is 4.14. The smallest absolute Gasteiger partial charge is 0.0404 e. The molecular formula is C8H13N. The lowest BCUT2D eigenvalue weighted by molar-refractivity contribution is 0.727. The predicted octanol–water partition coefficient (Wildman–Crippen LogP) is 1.44. The van der Waals surface area contributed by atoms with Crippen molar-refractivity contribution in [2.45, 2.75) is 32.2 Å². The van der Waals surface area contributed by atoms with Gasteiger partial charge in [0.1, 0.15) is 0 Å². The molecule has 0 amide bonds. The Labute approximate surface area is 55.9 Å². The standard InChI is InChI=1S/C8H13N/c1-5-3-7-4-8(7,9)6(5)2/h7H,3-4,9H2,1-2H3. The summed E-state index contributed by atoms with van der Waals surface area (Å²) in [5.74, 6) is 0.817. The molecule has 2 aliphatic carbocycles. The molecule has 1 fully saturated rings. The summed E-state index contributed by atoms with van der Waals surface area (Å²) in [6, 6.07) is 0. The second kappa shape index (κ2) is 1.24. The van der Waals surface area contributed by atoms with Crippen molar-refractivity contribution in [3.63, 3.8) is 0 Å². The first-order valence-electron chi connectivity index (χ1n) is 3.60. The van der Waals surface area contributed by atoms with Crippen LogP contribution in [-0.2, 0) is 0 Å². The Morgan fingerprint density at radius 1 is 1.56 bits per heavy atom. The van der Waals surface area contributed by atoms with Crippen molar-refractivity contribution in [3.05, 3.63) is 11.1 Å². The molecule has 0 bridgehead atoms. The van der Waals surface area contributed by atoms with Crippen LogP contribution in [0.1, 0.15) is 26.7 Å². The number of nitrogens with two attached hydrogens (primary N) is 1. The SMILES string of the molecule is CC1=C(C)C2(N)CC2C1. The Hall–Kier alpha value is -0.300. The lowest BCUT2D eigenvalue weighted by Gasteiger charge is -2.06. The molecule has 0 aliphatic heterocycles. The zero-order chi connectivity index (χ0) is 6.65. The number of allylic oxidation sites excluding steroid dienone is 1. The molecule has 9 heavy (non-hydrogen) atoms. The van der Waals surface area contributed by atoms with Crippen LogP contribution >= 0.6 is 0 Å². The van der Waals surface area contributed by atoms with Gasteiger partial charge in [-0.2, -0.15) is 0 Å². The van der Waals surface area contributed by atoms with Crippen LogP contribution in [0, 0.1) is 5.92 Å². The topological polar surface area (TPSA) is 26.0 Å². The van der Waals surface area contributed by atoms with Crippen LogP contribution in [0.15, 0.2) is 11.1 Å². The molecule has 0 heterocycles. The molecule has 0 saturated heterocycles. The van der Waals surface area contributed by atoms with Gasteiger partial charge < -0.3 is 5.73 Å². The summed E-state index contributed by atoms with van der Waals surface area (Å²) in [5.41, 5.74) is 9.20. The van der Waals surface area contributed by atoms with Gasteiger partial charge in [0, 0.05) is 5.54 Å². The largest absolute Gasteiger partial charge is 0.321 e. The average molecular weight is 123 g/mol. The van der Waals surface area contributed by atoms with Gasteiger partial charge in [0.2, 0.25) is 0 Å².